The van der Waals surface area contributed by atoms with Crippen LogP contribution in [-0.2, 0) is 11.2 Å². The maximum atomic E-state index is 12.2. The molecule has 0 bridgehead atoms. The van der Waals surface area contributed by atoms with Crippen LogP contribution in [0.1, 0.15) is 37.9 Å². The molecule has 0 aliphatic rings. The Hall–Kier alpha value is -2.41. The monoisotopic (exact) mass is 373 g/mol. The van der Waals surface area contributed by atoms with Crippen LogP contribution < -0.4 is 5.32 Å². The fraction of sp³-hybridized carbons (Fsp3) is 0.368. The number of carbonyl (C=O) groups excluding carboxylic acids is 1. The van der Waals surface area contributed by atoms with Crippen LogP contribution in [0.5, 0.6) is 0 Å². The number of carbonyl (C=O) groups is 1. The molecular weight excluding hydrogens is 350 g/mol. The van der Waals surface area contributed by atoms with Crippen LogP contribution in [0.25, 0.3) is 0 Å². The summed E-state index contributed by atoms with van der Waals surface area (Å²) in [5.41, 5.74) is 2.22. The van der Waals surface area contributed by atoms with Crippen LogP contribution in [0.2, 0.25) is 0 Å². The molecule has 138 valence electrons. The molecule has 0 aliphatic carbocycles. The molecule has 7 heteroatoms. The van der Waals surface area contributed by atoms with Crippen LogP contribution >= 0.6 is 11.8 Å². The van der Waals surface area contributed by atoms with Gasteiger partial charge >= 0.3 is 5.69 Å². The highest BCUT2D eigenvalue weighted by Gasteiger charge is 2.17. The number of benzene rings is 1. The summed E-state index contributed by atoms with van der Waals surface area (Å²) in [4.78, 5) is 26.6. The summed E-state index contributed by atoms with van der Waals surface area (Å²) in [5, 5.41) is 14.1. The number of thioether (sulfide) groups is 1. The standard InChI is InChI=1S/C19H23N3O3S/c1-13(2)11-15-6-8-16(9-7-15)14(3)21-18(23)12-26-19-17(22(24)25)5-4-10-20-19/h4-10,13-14H,11-12H2,1-3H3,(H,21,23). The van der Waals surface area contributed by atoms with Crippen LogP contribution in [0.15, 0.2) is 47.6 Å². The van der Waals surface area contributed by atoms with Crippen molar-refractivity contribution in [2.24, 2.45) is 5.92 Å². The summed E-state index contributed by atoms with van der Waals surface area (Å²) >= 11 is 1.07. The first-order valence-electron chi connectivity index (χ1n) is 8.47. The summed E-state index contributed by atoms with van der Waals surface area (Å²) in [5.74, 6) is 0.493. The highest BCUT2D eigenvalue weighted by atomic mass is 32.2. The van der Waals surface area contributed by atoms with E-state index in [0.29, 0.717) is 5.92 Å². The zero-order valence-corrected chi connectivity index (χ0v) is 16.0. The molecule has 1 unspecified atom stereocenters. The van der Waals surface area contributed by atoms with Gasteiger partial charge in [0.25, 0.3) is 0 Å². The molecule has 6 nitrogen and oxygen atoms in total. The number of rotatable bonds is 8. The second-order valence-corrected chi connectivity index (χ2v) is 7.47. The van der Waals surface area contributed by atoms with E-state index in [1.165, 1.54) is 23.9 Å². The highest BCUT2D eigenvalue weighted by molar-refractivity contribution is 8.00. The van der Waals surface area contributed by atoms with Crippen LogP contribution in [-0.4, -0.2) is 21.6 Å². The highest BCUT2D eigenvalue weighted by Crippen LogP contribution is 2.26. The lowest BCUT2D eigenvalue weighted by atomic mass is 10.00. The lowest BCUT2D eigenvalue weighted by Gasteiger charge is -2.15. The summed E-state index contributed by atoms with van der Waals surface area (Å²) in [6, 6.07) is 11.0. The average Bonchev–Trinajstić information content (AvgIpc) is 2.60. The van der Waals surface area contributed by atoms with E-state index in [4.69, 9.17) is 0 Å². The van der Waals surface area contributed by atoms with E-state index >= 15 is 0 Å². The van der Waals surface area contributed by atoms with Crippen molar-refractivity contribution in [3.8, 4) is 0 Å². The summed E-state index contributed by atoms with van der Waals surface area (Å²) in [6.07, 6.45) is 2.51. The fourth-order valence-corrected chi connectivity index (χ4v) is 3.32. The van der Waals surface area contributed by atoms with Gasteiger partial charge in [-0.25, -0.2) is 4.98 Å². The number of nitrogens with zero attached hydrogens (tertiary/aromatic N) is 2. The number of hydrogen-bond donors (Lipinski definition) is 1. The van der Waals surface area contributed by atoms with Gasteiger partial charge in [-0.1, -0.05) is 49.9 Å². The molecule has 0 saturated carbocycles. The van der Waals surface area contributed by atoms with Gasteiger partial charge in [0.15, 0.2) is 5.03 Å². The van der Waals surface area contributed by atoms with Gasteiger partial charge in [0.1, 0.15) is 0 Å². The Kier molecular flexibility index (Phi) is 7.15. The molecule has 2 aromatic rings. The second kappa shape index (κ2) is 9.33. The van der Waals surface area contributed by atoms with Gasteiger partial charge in [0, 0.05) is 12.3 Å². The summed E-state index contributed by atoms with van der Waals surface area (Å²) in [7, 11) is 0. The van der Waals surface area contributed by atoms with E-state index in [0.717, 1.165) is 23.7 Å². The smallest absolute Gasteiger partial charge is 0.301 e. The zero-order chi connectivity index (χ0) is 19.1. The Labute approximate surface area is 157 Å². The third-order valence-electron chi connectivity index (χ3n) is 3.79. The quantitative estimate of drug-likeness (QED) is 0.427. The number of amides is 1. The van der Waals surface area contributed by atoms with Crippen molar-refractivity contribution in [2.75, 3.05) is 5.75 Å². The van der Waals surface area contributed by atoms with E-state index in [-0.39, 0.29) is 28.4 Å². The predicted molar refractivity (Wildman–Crippen MR) is 103 cm³/mol. The predicted octanol–water partition coefficient (Wildman–Crippen LogP) is 4.16. The molecule has 1 aromatic heterocycles. The third kappa shape index (κ3) is 5.84. The third-order valence-corrected chi connectivity index (χ3v) is 4.78. The van der Waals surface area contributed by atoms with Gasteiger partial charge in [0.05, 0.1) is 16.7 Å². The van der Waals surface area contributed by atoms with Crippen LogP contribution in [0, 0.1) is 16.0 Å². The number of hydrogen-bond acceptors (Lipinski definition) is 5. The normalized spacial score (nSPS) is 12.0. The van der Waals surface area contributed by atoms with Crippen molar-refractivity contribution < 1.29 is 9.72 Å². The minimum atomic E-state index is -0.491. The molecule has 1 atom stereocenters. The first-order valence-corrected chi connectivity index (χ1v) is 9.45. The van der Waals surface area contributed by atoms with E-state index in [1.807, 2.05) is 19.1 Å². The summed E-state index contributed by atoms with van der Waals surface area (Å²) < 4.78 is 0. The molecule has 1 N–H and O–H groups in total. The Bertz CT molecular complexity index is 763. The molecule has 0 aliphatic heterocycles. The van der Waals surface area contributed by atoms with Crippen molar-refractivity contribution in [1.29, 1.82) is 0 Å². The van der Waals surface area contributed by atoms with Crippen molar-refractivity contribution in [2.45, 2.75) is 38.3 Å². The van der Waals surface area contributed by atoms with Crippen molar-refractivity contribution >= 4 is 23.4 Å². The molecule has 0 radical (unpaired) electrons. The molecule has 0 fully saturated rings. The van der Waals surface area contributed by atoms with Gasteiger partial charge in [-0.05, 0) is 36.5 Å². The maximum absolute atomic E-state index is 12.2. The molecular formula is C19H23N3O3S. The van der Waals surface area contributed by atoms with Crippen molar-refractivity contribution in [3.05, 3.63) is 63.8 Å². The minimum absolute atomic E-state index is 0.0770. The largest absolute Gasteiger partial charge is 0.349 e. The van der Waals surface area contributed by atoms with E-state index < -0.39 is 4.92 Å². The van der Waals surface area contributed by atoms with Gasteiger partial charge in [-0.15, -0.1) is 0 Å². The van der Waals surface area contributed by atoms with Gasteiger partial charge < -0.3 is 5.32 Å². The number of aromatic nitrogens is 1. The van der Waals surface area contributed by atoms with Crippen LogP contribution in [0.3, 0.4) is 0 Å². The topological polar surface area (TPSA) is 85.1 Å². The fourth-order valence-electron chi connectivity index (χ4n) is 2.55. The Morgan fingerprint density at radius 1 is 1.23 bits per heavy atom. The summed E-state index contributed by atoms with van der Waals surface area (Å²) in [6.45, 7) is 6.28. The molecule has 1 heterocycles. The van der Waals surface area contributed by atoms with Crippen LogP contribution in [0.4, 0.5) is 5.69 Å². The zero-order valence-electron chi connectivity index (χ0n) is 15.1. The lowest BCUT2D eigenvalue weighted by Crippen LogP contribution is -2.28. The SMILES string of the molecule is CC(C)Cc1ccc(C(C)NC(=O)CSc2ncccc2[N+](=O)[O-])cc1. The Morgan fingerprint density at radius 2 is 1.92 bits per heavy atom. The molecule has 1 aromatic carbocycles. The Balaban J connectivity index is 1.90. The lowest BCUT2D eigenvalue weighted by molar-refractivity contribution is -0.388. The average molecular weight is 373 g/mol. The van der Waals surface area contributed by atoms with E-state index in [9.17, 15) is 14.9 Å². The first kappa shape index (κ1) is 19.9. The Morgan fingerprint density at radius 3 is 2.54 bits per heavy atom. The number of nitrogens with one attached hydrogen (secondary N) is 1. The first-order chi connectivity index (χ1) is 12.4. The molecule has 0 spiro atoms. The van der Waals surface area contributed by atoms with Crippen molar-refractivity contribution in [1.82, 2.24) is 10.3 Å². The number of pyridine rings is 1. The minimum Gasteiger partial charge on any atom is -0.349 e. The molecule has 26 heavy (non-hydrogen) atoms. The van der Waals surface area contributed by atoms with Gasteiger partial charge in [-0.3, -0.25) is 14.9 Å². The van der Waals surface area contributed by atoms with E-state index in [1.54, 1.807) is 0 Å². The van der Waals surface area contributed by atoms with Gasteiger partial charge in [-0.2, -0.15) is 0 Å². The molecule has 2 rings (SSSR count). The number of nitro groups is 1. The molecule has 1 amide bonds. The second-order valence-electron chi connectivity index (χ2n) is 6.50. The molecule has 0 saturated heterocycles. The van der Waals surface area contributed by atoms with Crippen molar-refractivity contribution in [3.63, 3.8) is 0 Å². The van der Waals surface area contributed by atoms with E-state index in [2.05, 4.69) is 36.3 Å². The maximum Gasteiger partial charge on any atom is 0.301 e. The van der Waals surface area contributed by atoms with Gasteiger partial charge in [0.2, 0.25) is 5.91 Å².